The number of pyridine rings is 1. The number of methoxy groups -OCH3 is 1. The largest absolute Gasteiger partial charge is 0.497 e. The summed E-state index contributed by atoms with van der Waals surface area (Å²) in [5, 5.41) is 18.0. The van der Waals surface area contributed by atoms with Gasteiger partial charge in [-0.1, -0.05) is 12.1 Å². The van der Waals surface area contributed by atoms with Gasteiger partial charge in [-0.05, 0) is 67.1 Å². The van der Waals surface area contributed by atoms with Crippen molar-refractivity contribution in [1.82, 2.24) is 15.2 Å². The van der Waals surface area contributed by atoms with Crippen molar-refractivity contribution in [3.63, 3.8) is 0 Å². The van der Waals surface area contributed by atoms with E-state index in [9.17, 15) is 14.9 Å². The number of nitrogens with zero attached hydrogens (tertiary/aromatic N) is 3. The molecule has 2 N–H and O–H groups in total. The Morgan fingerprint density at radius 1 is 1.31 bits per heavy atom. The summed E-state index contributed by atoms with van der Waals surface area (Å²) in [6, 6.07) is 13.0. The molecule has 2 aromatic carbocycles. The predicted molar refractivity (Wildman–Crippen MR) is 138 cm³/mol. The van der Waals surface area contributed by atoms with Gasteiger partial charge in [0, 0.05) is 42.0 Å². The predicted octanol–water partition coefficient (Wildman–Crippen LogP) is 4.91. The van der Waals surface area contributed by atoms with Gasteiger partial charge in [-0.25, -0.2) is 4.79 Å². The first-order valence-electron chi connectivity index (χ1n) is 12.1. The highest BCUT2D eigenvalue weighted by molar-refractivity contribution is 5.91. The van der Waals surface area contributed by atoms with Crippen molar-refractivity contribution in [1.29, 1.82) is 0 Å². The average molecular weight is 488 g/mol. The van der Waals surface area contributed by atoms with E-state index >= 15 is 0 Å². The van der Waals surface area contributed by atoms with Crippen molar-refractivity contribution in [2.75, 3.05) is 25.5 Å². The molecular weight excluding hydrogens is 458 g/mol. The number of nitrogens with one attached hydrogen (secondary N) is 2. The summed E-state index contributed by atoms with van der Waals surface area (Å²) >= 11 is 0. The molecule has 0 saturated carbocycles. The van der Waals surface area contributed by atoms with Gasteiger partial charge in [0.25, 0.3) is 5.69 Å². The quantitative estimate of drug-likeness (QED) is 0.278. The summed E-state index contributed by atoms with van der Waals surface area (Å²) < 4.78 is 5.47. The number of amides is 2. The van der Waals surface area contributed by atoms with Gasteiger partial charge in [-0.2, -0.15) is 0 Å². The van der Waals surface area contributed by atoms with Crippen molar-refractivity contribution in [3.05, 3.63) is 83.1 Å². The number of nitro groups is 1. The zero-order valence-corrected chi connectivity index (χ0v) is 20.1. The minimum Gasteiger partial charge on any atom is -0.497 e. The lowest BCUT2D eigenvalue weighted by Gasteiger charge is -2.51. The third-order valence-electron chi connectivity index (χ3n) is 7.46. The number of rotatable bonds is 7. The second kappa shape index (κ2) is 9.94. The summed E-state index contributed by atoms with van der Waals surface area (Å²) in [6.45, 7) is 5.91. The molecule has 2 amide bonds. The molecule has 1 aromatic heterocycles. The Kier molecular flexibility index (Phi) is 6.56. The molecule has 0 spiro atoms. The number of carbonyl (C=O) groups excluding carboxylic acids is 1. The van der Waals surface area contributed by atoms with Crippen LogP contribution >= 0.6 is 0 Å². The smallest absolute Gasteiger partial charge is 0.319 e. The van der Waals surface area contributed by atoms with Crippen LogP contribution in [0.4, 0.5) is 16.2 Å². The first kappa shape index (κ1) is 23.7. The summed E-state index contributed by atoms with van der Waals surface area (Å²) in [6.07, 6.45) is 5.87. The number of non-ortho nitro benzene ring substituents is 1. The van der Waals surface area contributed by atoms with Crippen LogP contribution in [0.3, 0.4) is 0 Å². The summed E-state index contributed by atoms with van der Waals surface area (Å²) in [7, 11) is 1.63. The van der Waals surface area contributed by atoms with Gasteiger partial charge in [0.2, 0.25) is 0 Å². The molecule has 9 nitrogen and oxygen atoms in total. The maximum atomic E-state index is 13.2. The third kappa shape index (κ3) is 4.61. The number of carbonyl (C=O) groups is 1. The highest BCUT2D eigenvalue weighted by Gasteiger charge is 2.43. The van der Waals surface area contributed by atoms with E-state index in [1.165, 1.54) is 12.1 Å². The van der Waals surface area contributed by atoms with Crippen LogP contribution in [0.1, 0.15) is 24.4 Å². The molecule has 3 saturated heterocycles. The van der Waals surface area contributed by atoms with Crippen molar-refractivity contribution >= 4 is 28.3 Å². The van der Waals surface area contributed by atoms with Gasteiger partial charge in [-0.15, -0.1) is 6.58 Å². The van der Waals surface area contributed by atoms with Gasteiger partial charge >= 0.3 is 6.03 Å². The van der Waals surface area contributed by atoms with Crippen LogP contribution in [0.15, 0.2) is 67.4 Å². The first-order valence-corrected chi connectivity index (χ1v) is 12.1. The molecule has 6 rings (SSSR count). The maximum Gasteiger partial charge on any atom is 0.319 e. The molecule has 9 heteroatoms. The molecule has 186 valence electrons. The van der Waals surface area contributed by atoms with E-state index in [0.717, 1.165) is 42.4 Å². The first-order chi connectivity index (χ1) is 17.5. The standard InChI is InChI=1S/C27H29N5O4/c1-3-17-16-31-12-10-18(17)13-25(31)26(22-9-11-28-24-8-7-21(36-2)15-23(22)24)30-27(33)29-19-5-4-6-20(14-19)32(34)35/h3-9,11,14-15,17-18,25-26H,1,10,12-13,16H2,2H3,(H2,29,30,33). The highest BCUT2D eigenvalue weighted by Crippen LogP contribution is 2.42. The molecule has 2 bridgehead atoms. The lowest BCUT2D eigenvalue weighted by atomic mass is 9.73. The molecule has 0 radical (unpaired) electrons. The van der Waals surface area contributed by atoms with Crippen LogP contribution in [-0.2, 0) is 0 Å². The number of piperidine rings is 3. The zero-order valence-electron chi connectivity index (χ0n) is 20.1. The fourth-order valence-corrected chi connectivity index (χ4v) is 5.66. The van der Waals surface area contributed by atoms with E-state index in [0.29, 0.717) is 23.3 Å². The van der Waals surface area contributed by atoms with Gasteiger partial charge in [0.15, 0.2) is 0 Å². The molecule has 36 heavy (non-hydrogen) atoms. The Balaban J connectivity index is 1.49. The van der Waals surface area contributed by atoms with Gasteiger partial charge in [0.1, 0.15) is 5.75 Å². The molecule has 0 aliphatic carbocycles. The fourth-order valence-electron chi connectivity index (χ4n) is 5.66. The Hall–Kier alpha value is -3.98. The van der Waals surface area contributed by atoms with E-state index in [-0.39, 0.29) is 17.8 Å². The van der Waals surface area contributed by atoms with Crippen LogP contribution in [-0.4, -0.2) is 47.1 Å². The SMILES string of the molecule is C=CC1CN2CCC1CC2C(NC(=O)Nc1cccc([N+](=O)[O-])c1)c1ccnc2ccc(OC)cc12. The number of urea groups is 1. The number of benzene rings is 2. The van der Waals surface area contributed by atoms with Crippen molar-refractivity contribution < 1.29 is 14.5 Å². The van der Waals surface area contributed by atoms with E-state index < -0.39 is 11.0 Å². The van der Waals surface area contributed by atoms with Gasteiger partial charge < -0.3 is 15.4 Å². The fraction of sp³-hybridized carbons (Fsp3) is 0.333. The van der Waals surface area contributed by atoms with E-state index in [4.69, 9.17) is 4.74 Å². The average Bonchev–Trinajstić information content (AvgIpc) is 2.91. The number of fused-ring (bicyclic) bond motifs is 4. The van der Waals surface area contributed by atoms with E-state index in [1.807, 2.05) is 24.3 Å². The zero-order chi connectivity index (χ0) is 25.2. The van der Waals surface area contributed by atoms with Gasteiger partial charge in [-0.3, -0.25) is 20.0 Å². The second-order valence-electron chi connectivity index (χ2n) is 9.41. The lowest BCUT2D eigenvalue weighted by molar-refractivity contribution is -0.384. The highest BCUT2D eigenvalue weighted by atomic mass is 16.6. The van der Waals surface area contributed by atoms with Crippen LogP contribution in [0.2, 0.25) is 0 Å². The monoisotopic (exact) mass is 487 g/mol. The number of hydrogen-bond donors (Lipinski definition) is 2. The van der Waals surface area contributed by atoms with E-state index in [1.54, 1.807) is 25.4 Å². The number of ether oxygens (including phenoxy) is 1. The van der Waals surface area contributed by atoms with Gasteiger partial charge in [0.05, 0.1) is 23.6 Å². The second-order valence-corrected chi connectivity index (χ2v) is 9.41. The Labute approximate surface area is 209 Å². The Morgan fingerprint density at radius 3 is 2.89 bits per heavy atom. The molecule has 5 unspecified atom stereocenters. The molecular formula is C27H29N5O4. The van der Waals surface area contributed by atoms with E-state index in [2.05, 4.69) is 33.2 Å². The minimum absolute atomic E-state index is 0.0808. The maximum absolute atomic E-state index is 13.2. The van der Waals surface area contributed by atoms with Crippen LogP contribution in [0, 0.1) is 22.0 Å². The molecule has 3 aromatic rings. The number of hydrogen-bond acceptors (Lipinski definition) is 6. The van der Waals surface area contributed by atoms with Crippen LogP contribution in [0.5, 0.6) is 5.75 Å². The summed E-state index contributed by atoms with van der Waals surface area (Å²) in [4.78, 5) is 30.9. The number of anilines is 1. The number of aromatic nitrogens is 1. The topological polar surface area (TPSA) is 110 Å². The summed E-state index contributed by atoms with van der Waals surface area (Å²) in [5.74, 6) is 1.68. The van der Waals surface area contributed by atoms with Crippen LogP contribution < -0.4 is 15.4 Å². The molecule has 4 heterocycles. The number of nitro benzene ring substituents is 1. The lowest BCUT2D eigenvalue weighted by Crippen LogP contribution is -2.57. The molecule has 3 aliphatic heterocycles. The minimum atomic E-state index is -0.482. The molecule has 3 aliphatic rings. The van der Waals surface area contributed by atoms with Crippen molar-refractivity contribution in [3.8, 4) is 5.75 Å². The molecule has 5 atom stereocenters. The normalized spacial score (nSPS) is 23.6. The van der Waals surface area contributed by atoms with Crippen molar-refractivity contribution in [2.45, 2.75) is 24.9 Å². The third-order valence-corrected chi connectivity index (χ3v) is 7.46. The van der Waals surface area contributed by atoms with Crippen molar-refractivity contribution in [2.24, 2.45) is 11.8 Å². The Bertz CT molecular complexity index is 1310. The molecule has 3 fully saturated rings. The summed E-state index contributed by atoms with van der Waals surface area (Å²) in [5.41, 5.74) is 2.06. The van der Waals surface area contributed by atoms with Crippen LogP contribution in [0.25, 0.3) is 10.9 Å². The Morgan fingerprint density at radius 2 is 2.17 bits per heavy atom.